The number of carbonyl (C=O) groups is 2. The summed E-state index contributed by atoms with van der Waals surface area (Å²) in [4.78, 5) is 28.8. The molecule has 0 spiro atoms. The van der Waals surface area contributed by atoms with Gasteiger partial charge in [0.2, 0.25) is 0 Å². The van der Waals surface area contributed by atoms with Crippen molar-refractivity contribution in [3.63, 3.8) is 0 Å². The van der Waals surface area contributed by atoms with Crippen molar-refractivity contribution in [2.24, 2.45) is 0 Å². The van der Waals surface area contributed by atoms with Crippen molar-refractivity contribution in [2.45, 2.75) is 58.5 Å². The Labute approximate surface area is 159 Å². The first-order chi connectivity index (χ1) is 12.7. The summed E-state index contributed by atoms with van der Waals surface area (Å²) in [5.74, 6) is 1.21. The van der Waals surface area contributed by atoms with Crippen LogP contribution in [-0.4, -0.2) is 52.5 Å². The molecule has 8 heteroatoms. The number of amides is 2. The molecule has 8 nitrogen and oxygen atoms in total. The summed E-state index contributed by atoms with van der Waals surface area (Å²) in [5, 5.41) is 11.7. The fourth-order valence-corrected chi connectivity index (χ4v) is 2.95. The second kappa shape index (κ2) is 8.92. The van der Waals surface area contributed by atoms with Gasteiger partial charge in [0.15, 0.2) is 0 Å². The molecule has 2 amide bonds. The molecule has 0 aromatic carbocycles. The van der Waals surface area contributed by atoms with Crippen LogP contribution in [0.4, 0.5) is 15.4 Å². The Balaban J connectivity index is 2.13. The van der Waals surface area contributed by atoms with Crippen LogP contribution in [0.5, 0.6) is 5.75 Å². The van der Waals surface area contributed by atoms with Crippen molar-refractivity contribution in [2.75, 3.05) is 25.0 Å². The number of carbonyl (C=O) groups excluding carboxylic acids is 1. The minimum absolute atomic E-state index is 0.176. The van der Waals surface area contributed by atoms with E-state index in [1.165, 1.54) is 4.90 Å². The number of ether oxygens (including phenoxy) is 2. The molecule has 1 saturated heterocycles. The number of rotatable bonds is 5. The van der Waals surface area contributed by atoms with Crippen molar-refractivity contribution in [1.29, 1.82) is 0 Å². The number of aromatic nitrogens is 1. The summed E-state index contributed by atoms with van der Waals surface area (Å²) in [6.07, 6.45) is 2.54. The highest BCUT2D eigenvalue weighted by atomic mass is 16.6. The van der Waals surface area contributed by atoms with Crippen LogP contribution in [0, 0.1) is 0 Å². The van der Waals surface area contributed by atoms with Gasteiger partial charge in [0.1, 0.15) is 17.2 Å². The van der Waals surface area contributed by atoms with E-state index in [4.69, 9.17) is 14.6 Å². The number of nitrogens with zero attached hydrogens (tertiary/aromatic N) is 2. The zero-order valence-corrected chi connectivity index (χ0v) is 16.4. The molecule has 27 heavy (non-hydrogen) atoms. The van der Waals surface area contributed by atoms with Crippen LogP contribution in [0.2, 0.25) is 0 Å². The van der Waals surface area contributed by atoms with E-state index in [2.05, 4.69) is 10.3 Å². The van der Waals surface area contributed by atoms with E-state index in [0.29, 0.717) is 31.3 Å². The number of hydrogen-bond donors (Lipinski definition) is 2. The maximum Gasteiger partial charge on any atom is 0.413 e. The van der Waals surface area contributed by atoms with Crippen LogP contribution in [0.25, 0.3) is 0 Å². The largest absolute Gasteiger partial charge is 0.493 e. The standard InChI is InChI=1S/C19H29N3O5/c1-5-10-26-15-11-16(21-17(23)27-19(2,3)4)20-12-14(15)13-6-8-22(9-7-13)18(24)25/h11-13H,5-10H2,1-4H3,(H,24,25)(H,20,21,23). The van der Waals surface area contributed by atoms with E-state index in [0.717, 1.165) is 24.8 Å². The topological polar surface area (TPSA) is 101 Å². The number of carboxylic acid groups (broad SMARTS) is 1. The van der Waals surface area contributed by atoms with Gasteiger partial charge >= 0.3 is 12.2 Å². The molecule has 1 aliphatic rings. The highest BCUT2D eigenvalue weighted by Gasteiger charge is 2.26. The van der Waals surface area contributed by atoms with E-state index in [-0.39, 0.29) is 5.92 Å². The molecule has 1 aromatic rings. The van der Waals surface area contributed by atoms with E-state index in [1.807, 2.05) is 6.92 Å². The number of piperidine rings is 1. The molecule has 0 atom stereocenters. The summed E-state index contributed by atoms with van der Waals surface area (Å²) < 4.78 is 11.1. The van der Waals surface area contributed by atoms with Gasteiger partial charge in [-0.1, -0.05) is 6.92 Å². The van der Waals surface area contributed by atoms with E-state index >= 15 is 0 Å². The van der Waals surface area contributed by atoms with Gasteiger partial charge in [-0.25, -0.2) is 14.6 Å². The van der Waals surface area contributed by atoms with Crippen molar-refractivity contribution < 1.29 is 24.2 Å². The monoisotopic (exact) mass is 379 g/mol. The van der Waals surface area contributed by atoms with Gasteiger partial charge in [0, 0.05) is 30.9 Å². The van der Waals surface area contributed by atoms with Gasteiger partial charge in [-0.3, -0.25) is 5.32 Å². The molecule has 2 heterocycles. The summed E-state index contributed by atoms with van der Waals surface area (Å²) >= 11 is 0. The minimum atomic E-state index is -0.883. The Bertz CT molecular complexity index is 664. The van der Waals surface area contributed by atoms with Gasteiger partial charge in [-0.05, 0) is 46.0 Å². The van der Waals surface area contributed by atoms with Crippen molar-refractivity contribution in [1.82, 2.24) is 9.88 Å². The van der Waals surface area contributed by atoms with Crippen LogP contribution in [-0.2, 0) is 4.74 Å². The van der Waals surface area contributed by atoms with Crippen LogP contribution in [0.1, 0.15) is 58.4 Å². The van der Waals surface area contributed by atoms with Gasteiger partial charge in [0.25, 0.3) is 0 Å². The van der Waals surface area contributed by atoms with Crippen molar-refractivity contribution >= 4 is 18.0 Å². The summed E-state index contributed by atoms with van der Waals surface area (Å²) in [6, 6.07) is 1.71. The van der Waals surface area contributed by atoms with Crippen molar-refractivity contribution in [3.8, 4) is 5.75 Å². The Morgan fingerprint density at radius 2 is 2.00 bits per heavy atom. The summed E-state index contributed by atoms with van der Waals surface area (Å²) in [5.41, 5.74) is 0.354. The molecule has 0 radical (unpaired) electrons. The summed E-state index contributed by atoms with van der Waals surface area (Å²) in [7, 11) is 0. The first-order valence-corrected chi connectivity index (χ1v) is 9.30. The third-order valence-electron chi connectivity index (χ3n) is 4.19. The number of anilines is 1. The lowest BCUT2D eigenvalue weighted by atomic mass is 9.90. The van der Waals surface area contributed by atoms with Gasteiger partial charge in [0.05, 0.1) is 6.61 Å². The lowest BCUT2D eigenvalue weighted by molar-refractivity contribution is 0.0635. The zero-order valence-electron chi connectivity index (χ0n) is 16.4. The zero-order chi connectivity index (χ0) is 20.0. The second-order valence-corrected chi connectivity index (χ2v) is 7.63. The lowest BCUT2D eigenvalue weighted by Crippen LogP contribution is -2.36. The van der Waals surface area contributed by atoms with E-state index < -0.39 is 17.8 Å². The lowest BCUT2D eigenvalue weighted by Gasteiger charge is -2.31. The molecule has 150 valence electrons. The molecule has 0 unspecified atom stereocenters. The number of hydrogen-bond acceptors (Lipinski definition) is 5. The third-order valence-corrected chi connectivity index (χ3v) is 4.19. The SMILES string of the molecule is CCCOc1cc(NC(=O)OC(C)(C)C)ncc1C1CCN(C(=O)O)CC1. The normalized spacial score (nSPS) is 15.3. The Morgan fingerprint density at radius 1 is 1.33 bits per heavy atom. The first kappa shape index (κ1) is 20.8. The average molecular weight is 379 g/mol. The molecular weight excluding hydrogens is 350 g/mol. The average Bonchev–Trinajstić information content (AvgIpc) is 2.58. The minimum Gasteiger partial charge on any atom is -0.493 e. The van der Waals surface area contributed by atoms with E-state index in [9.17, 15) is 9.59 Å². The highest BCUT2D eigenvalue weighted by molar-refractivity contribution is 5.83. The number of likely N-dealkylation sites (tertiary alicyclic amines) is 1. The number of nitrogens with one attached hydrogen (secondary N) is 1. The predicted molar refractivity (Wildman–Crippen MR) is 101 cm³/mol. The molecule has 2 N–H and O–H groups in total. The van der Waals surface area contributed by atoms with Gasteiger partial charge in [-0.2, -0.15) is 0 Å². The second-order valence-electron chi connectivity index (χ2n) is 7.63. The predicted octanol–water partition coefficient (Wildman–Crippen LogP) is 4.07. The van der Waals surface area contributed by atoms with Crippen LogP contribution < -0.4 is 10.1 Å². The van der Waals surface area contributed by atoms with Crippen LogP contribution in [0.15, 0.2) is 12.3 Å². The molecule has 2 rings (SSSR count). The maximum atomic E-state index is 12.0. The first-order valence-electron chi connectivity index (χ1n) is 9.30. The van der Waals surface area contributed by atoms with Crippen molar-refractivity contribution in [3.05, 3.63) is 17.8 Å². The Morgan fingerprint density at radius 3 is 2.56 bits per heavy atom. The third kappa shape index (κ3) is 6.30. The Kier molecular flexibility index (Phi) is 6.87. The molecule has 0 saturated carbocycles. The van der Waals surface area contributed by atoms with E-state index in [1.54, 1.807) is 33.0 Å². The maximum absolute atomic E-state index is 12.0. The molecule has 1 fully saturated rings. The summed E-state index contributed by atoms with van der Waals surface area (Å²) in [6.45, 7) is 8.94. The van der Waals surface area contributed by atoms with Crippen LogP contribution >= 0.6 is 0 Å². The fraction of sp³-hybridized carbons (Fsp3) is 0.632. The quantitative estimate of drug-likeness (QED) is 0.799. The highest BCUT2D eigenvalue weighted by Crippen LogP contribution is 2.35. The van der Waals surface area contributed by atoms with Gasteiger partial charge in [-0.15, -0.1) is 0 Å². The molecular formula is C19H29N3O5. The fourth-order valence-electron chi connectivity index (χ4n) is 2.95. The van der Waals surface area contributed by atoms with Crippen LogP contribution in [0.3, 0.4) is 0 Å². The molecule has 1 aromatic heterocycles. The Hall–Kier alpha value is -2.51. The number of pyridine rings is 1. The molecule has 1 aliphatic heterocycles. The smallest absolute Gasteiger partial charge is 0.413 e. The molecule has 0 bridgehead atoms. The van der Waals surface area contributed by atoms with Gasteiger partial charge < -0.3 is 19.5 Å². The molecule has 0 aliphatic carbocycles.